The van der Waals surface area contributed by atoms with Crippen molar-refractivity contribution in [3.05, 3.63) is 71.8 Å². The molecule has 0 saturated carbocycles. The van der Waals surface area contributed by atoms with Crippen LogP contribution in [0.3, 0.4) is 0 Å². The normalized spacial score (nSPS) is 10.7. The maximum absolute atomic E-state index is 9.24. The largest absolute Gasteiger partial charge is 0.492 e. The van der Waals surface area contributed by atoms with Gasteiger partial charge in [0.1, 0.15) is 0 Å². The highest BCUT2D eigenvalue weighted by molar-refractivity contribution is 5.82. The van der Waals surface area contributed by atoms with Gasteiger partial charge in [-0.2, -0.15) is 0 Å². The molecular weight excluding hydrogens is 340 g/mol. The van der Waals surface area contributed by atoms with E-state index in [-0.39, 0.29) is 6.61 Å². The van der Waals surface area contributed by atoms with E-state index in [2.05, 4.69) is 6.07 Å². The number of ether oxygens (including phenoxy) is 3. The molecule has 1 N–H and O–H groups in total. The van der Waals surface area contributed by atoms with Crippen molar-refractivity contribution in [3.8, 4) is 33.8 Å². The van der Waals surface area contributed by atoms with E-state index in [0.717, 1.165) is 33.4 Å². The summed E-state index contributed by atoms with van der Waals surface area (Å²) in [6.45, 7) is 0.595. The lowest BCUT2D eigenvalue weighted by molar-refractivity contribution is 0.185. The maximum atomic E-state index is 9.24. The number of aliphatic hydroxyl groups excluding tert-OH is 1. The first-order valence-corrected chi connectivity index (χ1v) is 8.67. The molecule has 3 aromatic rings. The van der Waals surface area contributed by atoms with E-state index in [1.54, 1.807) is 21.3 Å². The molecule has 3 rings (SSSR count). The van der Waals surface area contributed by atoms with E-state index in [0.29, 0.717) is 18.1 Å². The number of rotatable bonds is 7. The van der Waals surface area contributed by atoms with Gasteiger partial charge in [0.15, 0.2) is 11.5 Å². The molecule has 27 heavy (non-hydrogen) atoms. The summed E-state index contributed by atoms with van der Waals surface area (Å²) in [6.07, 6.45) is 0. The van der Waals surface area contributed by atoms with Gasteiger partial charge < -0.3 is 19.3 Å². The molecule has 139 valence electrons. The Kier molecular flexibility index (Phi) is 6.12. The van der Waals surface area contributed by atoms with Crippen LogP contribution in [-0.4, -0.2) is 26.4 Å². The van der Waals surface area contributed by atoms with E-state index in [9.17, 15) is 5.11 Å². The summed E-state index contributed by atoms with van der Waals surface area (Å²) in [7, 11) is 4.95. The fourth-order valence-electron chi connectivity index (χ4n) is 3.06. The third-order valence-corrected chi connectivity index (χ3v) is 4.45. The van der Waals surface area contributed by atoms with Gasteiger partial charge in [-0.15, -0.1) is 0 Å². The van der Waals surface area contributed by atoms with Crippen molar-refractivity contribution in [1.29, 1.82) is 0 Å². The van der Waals surface area contributed by atoms with Crippen LogP contribution in [0.4, 0.5) is 0 Å². The zero-order valence-electron chi connectivity index (χ0n) is 15.8. The molecule has 0 aliphatic rings. The molecule has 0 aromatic heterocycles. The van der Waals surface area contributed by atoms with E-state index < -0.39 is 0 Å². The van der Waals surface area contributed by atoms with Gasteiger partial charge in [0.25, 0.3) is 0 Å². The first kappa shape index (κ1) is 19.0. The molecule has 0 atom stereocenters. The second kappa shape index (κ2) is 8.71. The standard InChI is InChI=1S/C23H23O4/c1-25-15-17-6-10-19(11-7-17)21-13-12-20(22(26-2)23(21)27-3)18-8-4-16(14-24)5-9-18/h4-11,13,24H,14-15H2,1-3H3. The van der Waals surface area contributed by atoms with E-state index >= 15 is 0 Å². The van der Waals surface area contributed by atoms with Crippen LogP contribution >= 0.6 is 0 Å². The Hall–Kier alpha value is -2.82. The molecule has 0 aliphatic carbocycles. The number of aliphatic hydroxyl groups is 1. The Morgan fingerprint density at radius 2 is 1.37 bits per heavy atom. The Labute approximate surface area is 160 Å². The fourth-order valence-corrected chi connectivity index (χ4v) is 3.06. The van der Waals surface area contributed by atoms with Crippen LogP contribution in [0.5, 0.6) is 11.5 Å². The Morgan fingerprint density at radius 1 is 0.778 bits per heavy atom. The molecule has 0 spiro atoms. The van der Waals surface area contributed by atoms with Gasteiger partial charge >= 0.3 is 0 Å². The smallest absolute Gasteiger partial charge is 0.169 e. The summed E-state index contributed by atoms with van der Waals surface area (Å²) < 4.78 is 16.5. The zero-order chi connectivity index (χ0) is 19.2. The average Bonchev–Trinajstić information content (AvgIpc) is 2.73. The number of hydrogen-bond donors (Lipinski definition) is 1. The topological polar surface area (TPSA) is 47.9 Å². The first-order valence-electron chi connectivity index (χ1n) is 8.67. The third kappa shape index (κ3) is 3.97. The highest BCUT2D eigenvalue weighted by atomic mass is 16.5. The quantitative estimate of drug-likeness (QED) is 0.672. The molecule has 4 nitrogen and oxygen atoms in total. The minimum atomic E-state index is 0.0163. The lowest BCUT2D eigenvalue weighted by Gasteiger charge is -2.17. The van der Waals surface area contributed by atoms with E-state index in [4.69, 9.17) is 14.2 Å². The third-order valence-electron chi connectivity index (χ3n) is 4.45. The van der Waals surface area contributed by atoms with Crippen molar-refractivity contribution in [1.82, 2.24) is 0 Å². The monoisotopic (exact) mass is 363 g/mol. The Morgan fingerprint density at radius 3 is 1.93 bits per heavy atom. The van der Waals surface area contributed by atoms with Crippen molar-refractivity contribution >= 4 is 0 Å². The summed E-state index contributed by atoms with van der Waals surface area (Å²) >= 11 is 0. The van der Waals surface area contributed by atoms with Crippen molar-refractivity contribution in [2.24, 2.45) is 0 Å². The minimum absolute atomic E-state index is 0.0163. The molecule has 4 heteroatoms. The van der Waals surface area contributed by atoms with Gasteiger partial charge in [0, 0.05) is 18.2 Å². The van der Waals surface area contributed by atoms with Crippen molar-refractivity contribution < 1.29 is 19.3 Å². The van der Waals surface area contributed by atoms with Crippen molar-refractivity contribution in [2.75, 3.05) is 21.3 Å². The van der Waals surface area contributed by atoms with Crippen LogP contribution in [0.1, 0.15) is 11.1 Å². The summed E-state index contributed by atoms with van der Waals surface area (Å²) in [6, 6.07) is 21.1. The zero-order valence-corrected chi connectivity index (χ0v) is 15.8. The molecule has 0 aliphatic heterocycles. The van der Waals surface area contributed by atoms with Gasteiger partial charge in [-0.25, -0.2) is 0 Å². The van der Waals surface area contributed by atoms with E-state index in [1.807, 2.05) is 54.6 Å². The molecule has 0 bridgehead atoms. The molecule has 0 fully saturated rings. The summed E-state index contributed by atoms with van der Waals surface area (Å²) in [5.41, 5.74) is 5.66. The Balaban J connectivity index is 2.06. The lowest BCUT2D eigenvalue weighted by atomic mass is 9.96. The molecule has 3 aromatic carbocycles. The second-order valence-electron chi connectivity index (χ2n) is 6.13. The van der Waals surface area contributed by atoms with Crippen LogP contribution in [0, 0.1) is 6.07 Å². The van der Waals surface area contributed by atoms with Gasteiger partial charge in [0.05, 0.1) is 27.4 Å². The molecule has 0 unspecified atom stereocenters. The van der Waals surface area contributed by atoms with E-state index in [1.165, 1.54) is 0 Å². The summed E-state index contributed by atoms with van der Waals surface area (Å²) in [5.74, 6) is 1.30. The van der Waals surface area contributed by atoms with Crippen LogP contribution in [0.2, 0.25) is 0 Å². The van der Waals surface area contributed by atoms with Crippen LogP contribution in [0.15, 0.2) is 54.6 Å². The van der Waals surface area contributed by atoms with Crippen LogP contribution < -0.4 is 9.47 Å². The van der Waals surface area contributed by atoms with Crippen LogP contribution in [0.25, 0.3) is 22.3 Å². The summed E-state index contributed by atoms with van der Waals surface area (Å²) in [5, 5.41) is 9.24. The molecule has 0 heterocycles. The highest BCUT2D eigenvalue weighted by Crippen LogP contribution is 2.44. The maximum Gasteiger partial charge on any atom is 0.169 e. The number of hydrogen-bond acceptors (Lipinski definition) is 4. The highest BCUT2D eigenvalue weighted by Gasteiger charge is 2.18. The number of benzene rings is 3. The SMILES string of the molecule is COCc1ccc(-c2c[c]c(-c3ccc(CO)cc3)c(OC)c2OC)cc1. The Bertz CT molecular complexity index is 884. The van der Waals surface area contributed by atoms with Gasteiger partial charge in [0.2, 0.25) is 0 Å². The summed E-state index contributed by atoms with van der Waals surface area (Å²) in [4.78, 5) is 0. The predicted octanol–water partition coefficient (Wildman–Crippen LogP) is 4.48. The minimum Gasteiger partial charge on any atom is -0.492 e. The van der Waals surface area contributed by atoms with Crippen LogP contribution in [-0.2, 0) is 18.0 Å². The lowest BCUT2D eigenvalue weighted by Crippen LogP contribution is -1.97. The van der Waals surface area contributed by atoms with Gasteiger partial charge in [-0.1, -0.05) is 48.5 Å². The average molecular weight is 363 g/mol. The molecule has 1 radical (unpaired) electrons. The fraction of sp³-hybridized carbons (Fsp3) is 0.217. The van der Waals surface area contributed by atoms with Gasteiger partial charge in [-0.3, -0.25) is 0 Å². The molecule has 0 amide bonds. The van der Waals surface area contributed by atoms with Crippen molar-refractivity contribution in [2.45, 2.75) is 13.2 Å². The number of methoxy groups -OCH3 is 3. The first-order chi connectivity index (χ1) is 13.2. The van der Waals surface area contributed by atoms with Crippen molar-refractivity contribution in [3.63, 3.8) is 0 Å². The second-order valence-corrected chi connectivity index (χ2v) is 6.13. The molecular formula is C23H23O4. The van der Waals surface area contributed by atoms with Gasteiger partial charge in [-0.05, 0) is 34.4 Å². The molecule has 0 saturated heterocycles. The predicted molar refractivity (Wildman–Crippen MR) is 106 cm³/mol.